The van der Waals surface area contributed by atoms with Gasteiger partial charge in [0.1, 0.15) is 12.6 Å². The minimum atomic E-state index is -0.958. The second kappa shape index (κ2) is 12.6. The van der Waals surface area contributed by atoms with Gasteiger partial charge in [0.2, 0.25) is 5.91 Å². The van der Waals surface area contributed by atoms with Crippen molar-refractivity contribution in [1.29, 1.82) is 0 Å². The van der Waals surface area contributed by atoms with Gasteiger partial charge in [0, 0.05) is 25.6 Å². The van der Waals surface area contributed by atoms with Gasteiger partial charge in [-0.05, 0) is 47.7 Å². The first-order valence-electron chi connectivity index (χ1n) is 14.2. The first-order valence-corrected chi connectivity index (χ1v) is 14.2. The number of aliphatic carboxylic acids is 1. The zero-order chi connectivity index (χ0) is 28.8. The Morgan fingerprint density at radius 3 is 2.12 bits per heavy atom. The van der Waals surface area contributed by atoms with Crippen molar-refractivity contribution < 1.29 is 24.2 Å². The van der Waals surface area contributed by atoms with E-state index in [1.54, 1.807) is 0 Å². The summed E-state index contributed by atoms with van der Waals surface area (Å²) in [6.45, 7) is 0.976. The molecule has 2 aliphatic rings. The fraction of sp³-hybridized carbons (Fsp3) is 0.364. The molecule has 41 heavy (non-hydrogen) atoms. The van der Waals surface area contributed by atoms with Crippen molar-refractivity contribution in [3.63, 3.8) is 0 Å². The van der Waals surface area contributed by atoms with Gasteiger partial charge in [0.15, 0.2) is 0 Å². The Hall–Kier alpha value is -4.17. The number of amides is 2. The van der Waals surface area contributed by atoms with Crippen LogP contribution >= 0.6 is 0 Å². The summed E-state index contributed by atoms with van der Waals surface area (Å²) in [5, 5.41) is 15.4. The number of carboxylic acids is 1. The number of rotatable bonds is 11. The summed E-state index contributed by atoms with van der Waals surface area (Å²) in [7, 11) is 1.88. The summed E-state index contributed by atoms with van der Waals surface area (Å²) in [5.74, 6) is -1.41. The first-order chi connectivity index (χ1) is 19.9. The predicted octanol–water partition coefficient (Wildman–Crippen LogP) is 4.79. The molecule has 0 saturated heterocycles. The van der Waals surface area contributed by atoms with Crippen LogP contribution in [-0.2, 0) is 20.9 Å². The van der Waals surface area contributed by atoms with E-state index >= 15 is 0 Å². The third-order valence-corrected chi connectivity index (χ3v) is 8.36. The van der Waals surface area contributed by atoms with E-state index in [0.29, 0.717) is 19.4 Å². The van der Waals surface area contributed by atoms with Crippen LogP contribution in [0.4, 0.5) is 4.79 Å². The van der Waals surface area contributed by atoms with Crippen LogP contribution in [0.2, 0.25) is 0 Å². The Balaban J connectivity index is 1.25. The molecule has 3 aromatic carbocycles. The van der Waals surface area contributed by atoms with Crippen molar-refractivity contribution in [2.45, 2.75) is 44.2 Å². The molecule has 2 amide bonds. The molecule has 8 heteroatoms. The van der Waals surface area contributed by atoms with Crippen molar-refractivity contribution in [1.82, 2.24) is 15.5 Å². The van der Waals surface area contributed by atoms with Crippen molar-refractivity contribution in [3.8, 4) is 11.1 Å². The highest BCUT2D eigenvalue weighted by Crippen LogP contribution is 2.44. The summed E-state index contributed by atoms with van der Waals surface area (Å²) in [6, 6.07) is 25.1. The summed E-state index contributed by atoms with van der Waals surface area (Å²) in [4.78, 5) is 40.4. The van der Waals surface area contributed by atoms with Crippen molar-refractivity contribution in [2.24, 2.45) is 5.41 Å². The number of benzene rings is 3. The van der Waals surface area contributed by atoms with Crippen molar-refractivity contribution in [3.05, 3.63) is 95.6 Å². The largest absolute Gasteiger partial charge is 0.481 e. The van der Waals surface area contributed by atoms with E-state index in [2.05, 4.69) is 34.9 Å². The lowest BCUT2D eigenvalue weighted by atomic mass is 9.86. The average Bonchev–Trinajstić information content (AvgIpc) is 3.59. The van der Waals surface area contributed by atoms with E-state index in [4.69, 9.17) is 4.74 Å². The predicted molar refractivity (Wildman–Crippen MR) is 156 cm³/mol. The maximum absolute atomic E-state index is 13.4. The second-order valence-corrected chi connectivity index (χ2v) is 11.2. The topological polar surface area (TPSA) is 108 Å². The fourth-order valence-corrected chi connectivity index (χ4v) is 6.15. The maximum atomic E-state index is 13.4. The number of carboxylic acid groups (broad SMARTS) is 1. The number of hydrogen-bond donors (Lipinski definition) is 3. The summed E-state index contributed by atoms with van der Waals surface area (Å²) in [5.41, 5.74) is 4.60. The van der Waals surface area contributed by atoms with Gasteiger partial charge in [0.05, 0.1) is 5.41 Å². The maximum Gasteiger partial charge on any atom is 0.407 e. The van der Waals surface area contributed by atoms with Crippen LogP contribution in [0.15, 0.2) is 78.9 Å². The van der Waals surface area contributed by atoms with E-state index in [1.165, 1.54) is 0 Å². The molecule has 1 atom stereocenters. The Kier molecular flexibility index (Phi) is 8.69. The molecule has 5 rings (SSSR count). The summed E-state index contributed by atoms with van der Waals surface area (Å²) < 4.78 is 5.71. The van der Waals surface area contributed by atoms with Crippen LogP contribution in [0.5, 0.6) is 0 Å². The van der Waals surface area contributed by atoms with Gasteiger partial charge >= 0.3 is 12.1 Å². The number of hydrogen-bond acceptors (Lipinski definition) is 5. The standard InChI is InChI=1S/C33H37N3O5/c1-36(19-23-11-3-2-4-12-23)20-29(30(37)34-22-33(31(38)39)17-9-10-18-33)35-32(40)41-21-28-26-15-7-5-13-24(26)25-14-6-8-16-27(25)28/h2-8,11-16,28-29H,9-10,17-22H2,1H3,(H,34,37)(H,35,40)(H,38,39). The van der Waals surface area contributed by atoms with Crippen LogP contribution in [0.3, 0.4) is 0 Å². The molecule has 1 saturated carbocycles. The molecule has 0 aromatic heterocycles. The number of nitrogens with one attached hydrogen (secondary N) is 2. The minimum Gasteiger partial charge on any atom is -0.481 e. The van der Waals surface area contributed by atoms with Crippen LogP contribution in [-0.4, -0.2) is 60.8 Å². The molecule has 0 aliphatic heterocycles. The van der Waals surface area contributed by atoms with Gasteiger partial charge in [-0.2, -0.15) is 0 Å². The molecule has 0 bridgehead atoms. The smallest absolute Gasteiger partial charge is 0.407 e. The molecule has 0 spiro atoms. The van der Waals surface area contributed by atoms with Gasteiger partial charge in [-0.3, -0.25) is 14.5 Å². The van der Waals surface area contributed by atoms with Crippen molar-refractivity contribution >= 4 is 18.0 Å². The normalized spacial score (nSPS) is 16.0. The van der Waals surface area contributed by atoms with Gasteiger partial charge in [-0.15, -0.1) is 0 Å². The van der Waals surface area contributed by atoms with Crippen LogP contribution < -0.4 is 10.6 Å². The van der Waals surface area contributed by atoms with Gasteiger partial charge in [-0.25, -0.2) is 4.79 Å². The fourth-order valence-electron chi connectivity index (χ4n) is 6.15. The molecule has 8 nitrogen and oxygen atoms in total. The lowest BCUT2D eigenvalue weighted by molar-refractivity contribution is -0.148. The van der Waals surface area contributed by atoms with E-state index in [9.17, 15) is 19.5 Å². The number of alkyl carbamates (subject to hydrolysis) is 1. The monoisotopic (exact) mass is 555 g/mol. The lowest BCUT2D eigenvalue weighted by Crippen LogP contribution is -2.54. The molecule has 3 N–H and O–H groups in total. The molecular formula is C33H37N3O5. The molecule has 3 aromatic rings. The quantitative estimate of drug-likeness (QED) is 0.314. The van der Waals surface area contributed by atoms with Gasteiger partial charge in [0.25, 0.3) is 0 Å². The van der Waals surface area contributed by atoms with Gasteiger partial charge < -0.3 is 20.5 Å². The molecule has 0 radical (unpaired) electrons. The van der Waals surface area contributed by atoms with E-state index in [0.717, 1.165) is 40.7 Å². The third kappa shape index (κ3) is 6.43. The molecule has 2 aliphatic carbocycles. The third-order valence-electron chi connectivity index (χ3n) is 8.36. The average molecular weight is 556 g/mol. The van der Waals surface area contributed by atoms with E-state index < -0.39 is 29.4 Å². The summed E-state index contributed by atoms with van der Waals surface area (Å²) in [6.07, 6.45) is 2.02. The van der Waals surface area contributed by atoms with Crippen LogP contribution in [0.25, 0.3) is 11.1 Å². The molecule has 0 heterocycles. The highest BCUT2D eigenvalue weighted by Gasteiger charge is 2.42. The molecule has 1 fully saturated rings. The van der Waals surface area contributed by atoms with E-state index in [1.807, 2.05) is 66.5 Å². The molecular weight excluding hydrogens is 518 g/mol. The number of carbonyl (C=O) groups is 3. The second-order valence-electron chi connectivity index (χ2n) is 11.2. The minimum absolute atomic E-state index is 0.0342. The van der Waals surface area contributed by atoms with Crippen molar-refractivity contribution in [2.75, 3.05) is 26.7 Å². The number of carbonyl (C=O) groups excluding carboxylic acids is 2. The zero-order valence-corrected chi connectivity index (χ0v) is 23.3. The number of nitrogens with zero attached hydrogens (tertiary/aromatic N) is 1. The summed E-state index contributed by atoms with van der Waals surface area (Å²) >= 11 is 0. The van der Waals surface area contributed by atoms with E-state index in [-0.39, 0.29) is 25.6 Å². The number of ether oxygens (including phenoxy) is 1. The molecule has 214 valence electrons. The lowest BCUT2D eigenvalue weighted by Gasteiger charge is -2.28. The van der Waals surface area contributed by atoms with Crippen LogP contribution in [0.1, 0.15) is 48.3 Å². The Morgan fingerprint density at radius 1 is 0.927 bits per heavy atom. The first kappa shape index (κ1) is 28.4. The Bertz CT molecular complexity index is 1340. The van der Waals surface area contributed by atoms with Gasteiger partial charge in [-0.1, -0.05) is 91.7 Å². The Labute approximate surface area is 240 Å². The highest BCUT2D eigenvalue weighted by molar-refractivity contribution is 5.87. The highest BCUT2D eigenvalue weighted by atomic mass is 16.5. The zero-order valence-electron chi connectivity index (χ0n) is 23.3. The molecule has 1 unspecified atom stereocenters. The SMILES string of the molecule is CN(Cc1ccccc1)CC(NC(=O)OCC1c2ccccc2-c2ccccc21)C(=O)NCC1(C(=O)O)CCCC1. The Morgan fingerprint density at radius 2 is 1.51 bits per heavy atom. The van der Waals surface area contributed by atoms with Crippen LogP contribution in [0, 0.1) is 5.41 Å². The number of likely N-dealkylation sites (N-methyl/N-ethyl adjacent to an activating group) is 1. The number of fused-ring (bicyclic) bond motifs is 3.